The van der Waals surface area contributed by atoms with Gasteiger partial charge in [0.25, 0.3) is 5.91 Å². The van der Waals surface area contributed by atoms with Gasteiger partial charge in [-0.25, -0.2) is 4.68 Å². The molecule has 26 heavy (non-hydrogen) atoms. The van der Waals surface area contributed by atoms with E-state index < -0.39 is 0 Å². The normalized spacial score (nSPS) is 12.9. The summed E-state index contributed by atoms with van der Waals surface area (Å²) < 4.78 is 1.72. The van der Waals surface area contributed by atoms with E-state index in [4.69, 9.17) is 34.8 Å². The summed E-state index contributed by atoms with van der Waals surface area (Å²) in [6.07, 6.45) is 0. The molecule has 1 aromatic heterocycles. The Balaban J connectivity index is 1.75. The average Bonchev–Trinajstić information content (AvgIpc) is 3.17. The molecular weight excluding hydrogens is 413 g/mol. The standard InChI is InChI=1S/C18H12Cl3N3OS/c19-10-2-1-3-12(6-10)24-17(14-8-26-9-16(14)23-24)22-18(25)13-5-4-11(20)7-15(13)21/h1-7H,8-9H2,(H,22,25). The molecule has 4 nitrogen and oxygen atoms in total. The molecule has 0 bridgehead atoms. The first-order valence-corrected chi connectivity index (χ1v) is 10.0. The van der Waals surface area contributed by atoms with Crippen molar-refractivity contribution in [1.82, 2.24) is 9.78 Å². The van der Waals surface area contributed by atoms with E-state index in [1.165, 1.54) is 0 Å². The van der Waals surface area contributed by atoms with E-state index >= 15 is 0 Å². The number of hydrogen-bond acceptors (Lipinski definition) is 3. The van der Waals surface area contributed by atoms with Crippen molar-refractivity contribution in [3.05, 3.63) is 74.4 Å². The number of aromatic nitrogens is 2. The Hall–Kier alpha value is -1.66. The third-order valence-corrected chi connectivity index (χ3v) is 5.77. The van der Waals surface area contributed by atoms with Crippen LogP contribution < -0.4 is 5.32 Å². The van der Waals surface area contributed by atoms with E-state index in [0.29, 0.717) is 26.4 Å². The Labute approximate surface area is 169 Å². The molecule has 8 heteroatoms. The summed E-state index contributed by atoms with van der Waals surface area (Å²) in [5, 5.41) is 9.00. The maximum absolute atomic E-state index is 12.8. The first kappa shape index (κ1) is 17.7. The molecule has 4 rings (SSSR count). The predicted octanol–water partition coefficient (Wildman–Crippen LogP) is 5.83. The smallest absolute Gasteiger partial charge is 0.258 e. The lowest BCUT2D eigenvalue weighted by Crippen LogP contribution is -2.16. The second kappa shape index (κ2) is 7.16. The monoisotopic (exact) mass is 423 g/mol. The molecule has 0 spiro atoms. The van der Waals surface area contributed by atoms with Gasteiger partial charge in [-0.1, -0.05) is 40.9 Å². The van der Waals surface area contributed by atoms with Crippen LogP contribution in [0.3, 0.4) is 0 Å². The Kier molecular flexibility index (Phi) is 4.88. The highest BCUT2D eigenvalue weighted by atomic mass is 35.5. The second-order valence-corrected chi connectivity index (χ2v) is 8.00. The number of carbonyl (C=O) groups is 1. The summed E-state index contributed by atoms with van der Waals surface area (Å²) >= 11 is 20.0. The number of carbonyl (C=O) groups excluding carboxylic acids is 1. The fraction of sp³-hybridized carbons (Fsp3) is 0.111. The van der Waals surface area contributed by atoms with Gasteiger partial charge < -0.3 is 5.32 Å². The van der Waals surface area contributed by atoms with Gasteiger partial charge in [-0.05, 0) is 36.4 Å². The lowest BCUT2D eigenvalue weighted by molar-refractivity contribution is 0.102. The Morgan fingerprint density at radius 2 is 1.88 bits per heavy atom. The number of nitrogens with one attached hydrogen (secondary N) is 1. The minimum Gasteiger partial charge on any atom is -0.306 e. The third kappa shape index (κ3) is 3.32. The molecule has 1 aliphatic heterocycles. The summed E-state index contributed by atoms with van der Waals surface area (Å²) in [5.74, 6) is 1.94. The van der Waals surface area contributed by atoms with Crippen molar-refractivity contribution in [2.24, 2.45) is 0 Å². The molecule has 132 valence electrons. The van der Waals surface area contributed by atoms with Crippen LogP contribution in [0.25, 0.3) is 5.69 Å². The predicted molar refractivity (Wildman–Crippen MR) is 108 cm³/mol. The fourth-order valence-corrected chi connectivity index (χ4v) is 4.50. The molecular formula is C18H12Cl3N3OS. The van der Waals surface area contributed by atoms with Crippen molar-refractivity contribution in [3.8, 4) is 5.69 Å². The number of amides is 1. The summed E-state index contributed by atoms with van der Waals surface area (Å²) in [6, 6.07) is 12.1. The molecule has 0 aliphatic carbocycles. The molecule has 1 amide bonds. The Bertz CT molecular complexity index is 1020. The Morgan fingerprint density at radius 3 is 2.65 bits per heavy atom. The average molecular weight is 425 g/mol. The number of benzene rings is 2. The van der Waals surface area contributed by atoms with Crippen molar-refractivity contribution < 1.29 is 4.79 Å². The van der Waals surface area contributed by atoms with Gasteiger partial charge in [0.15, 0.2) is 0 Å². The third-order valence-electron chi connectivity index (χ3n) is 4.01. The molecule has 0 fully saturated rings. The molecule has 0 saturated heterocycles. The minimum absolute atomic E-state index is 0.301. The van der Waals surface area contributed by atoms with Gasteiger partial charge in [0.1, 0.15) is 5.82 Å². The van der Waals surface area contributed by atoms with E-state index in [1.807, 2.05) is 18.2 Å². The van der Waals surface area contributed by atoms with Gasteiger partial charge in [-0.2, -0.15) is 16.9 Å². The molecule has 0 unspecified atom stereocenters. The zero-order chi connectivity index (χ0) is 18.3. The molecule has 3 aromatic rings. The van der Waals surface area contributed by atoms with E-state index in [2.05, 4.69) is 10.4 Å². The van der Waals surface area contributed by atoms with Gasteiger partial charge in [-0.15, -0.1) is 0 Å². The first-order valence-electron chi connectivity index (χ1n) is 7.74. The lowest BCUT2D eigenvalue weighted by Gasteiger charge is -2.12. The maximum Gasteiger partial charge on any atom is 0.258 e. The summed E-state index contributed by atoms with van der Waals surface area (Å²) in [7, 11) is 0. The van der Waals surface area contributed by atoms with E-state index in [0.717, 1.165) is 28.5 Å². The van der Waals surface area contributed by atoms with Crippen LogP contribution in [0, 0.1) is 0 Å². The van der Waals surface area contributed by atoms with Crippen LogP contribution in [0.2, 0.25) is 15.1 Å². The van der Waals surface area contributed by atoms with Crippen LogP contribution in [0.1, 0.15) is 21.6 Å². The number of rotatable bonds is 3. The van der Waals surface area contributed by atoms with Gasteiger partial charge in [-0.3, -0.25) is 4.79 Å². The lowest BCUT2D eigenvalue weighted by atomic mass is 10.2. The van der Waals surface area contributed by atoms with Crippen LogP contribution in [0.15, 0.2) is 42.5 Å². The van der Waals surface area contributed by atoms with Crippen molar-refractivity contribution in [1.29, 1.82) is 0 Å². The second-order valence-electron chi connectivity index (χ2n) is 5.74. The van der Waals surface area contributed by atoms with E-state index in [1.54, 1.807) is 40.7 Å². The minimum atomic E-state index is -0.311. The molecule has 2 aromatic carbocycles. The van der Waals surface area contributed by atoms with Gasteiger partial charge in [0.2, 0.25) is 0 Å². The number of halogens is 3. The van der Waals surface area contributed by atoms with E-state index in [-0.39, 0.29) is 5.91 Å². The SMILES string of the molecule is O=C(Nc1c2c(nn1-c1cccc(Cl)c1)CSC2)c1ccc(Cl)cc1Cl. The molecule has 1 aliphatic rings. The van der Waals surface area contributed by atoms with Crippen LogP contribution >= 0.6 is 46.6 Å². The fourth-order valence-electron chi connectivity index (χ4n) is 2.78. The number of thioether (sulfide) groups is 1. The number of fused-ring (bicyclic) bond motifs is 1. The van der Waals surface area contributed by atoms with Crippen LogP contribution in [0.4, 0.5) is 5.82 Å². The highest BCUT2D eigenvalue weighted by molar-refractivity contribution is 7.98. The van der Waals surface area contributed by atoms with Crippen molar-refractivity contribution in [3.63, 3.8) is 0 Å². The van der Waals surface area contributed by atoms with Gasteiger partial charge in [0, 0.05) is 27.1 Å². The van der Waals surface area contributed by atoms with Crippen LogP contribution in [-0.2, 0) is 11.5 Å². The quantitative estimate of drug-likeness (QED) is 0.575. The zero-order valence-corrected chi connectivity index (χ0v) is 16.4. The first-order chi connectivity index (χ1) is 12.5. The largest absolute Gasteiger partial charge is 0.306 e. The molecule has 0 atom stereocenters. The molecule has 2 heterocycles. The number of hydrogen-bond donors (Lipinski definition) is 1. The van der Waals surface area contributed by atoms with Crippen molar-refractivity contribution in [2.75, 3.05) is 5.32 Å². The highest BCUT2D eigenvalue weighted by Crippen LogP contribution is 2.36. The molecule has 1 N–H and O–H groups in total. The molecule has 0 saturated carbocycles. The van der Waals surface area contributed by atoms with Crippen LogP contribution in [-0.4, -0.2) is 15.7 Å². The van der Waals surface area contributed by atoms with Gasteiger partial charge >= 0.3 is 0 Å². The highest BCUT2D eigenvalue weighted by Gasteiger charge is 2.25. The molecule has 0 radical (unpaired) electrons. The van der Waals surface area contributed by atoms with Crippen molar-refractivity contribution >= 4 is 58.3 Å². The van der Waals surface area contributed by atoms with E-state index in [9.17, 15) is 4.79 Å². The zero-order valence-electron chi connectivity index (χ0n) is 13.3. The maximum atomic E-state index is 12.8. The van der Waals surface area contributed by atoms with Crippen LogP contribution in [0.5, 0.6) is 0 Å². The Morgan fingerprint density at radius 1 is 1.08 bits per heavy atom. The number of anilines is 1. The topological polar surface area (TPSA) is 46.9 Å². The van der Waals surface area contributed by atoms with Gasteiger partial charge in [0.05, 0.1) is 22.0 Å². The summed E-state index contributed by atoms with van der Waals surface area (Å²) in [6.45, 7) is 0. The summed E-state index contributed by atoms with van der Waals surface area (Å²) in [5.41, 5.74) is 3.13. The van der Waals surface area contributed by atoms with Crippen molar-refractivity contribution in [2.45, 2.75) is 11.5 Å². The summed E-state index contributed by atoms with van der Waals surface area (Å²) in [4.78, 5) is 12.8. The number of nitrogens with zero attached hydrogens (tertiary/aromatic N) is 2.